The Balaban J connectivity index is 1.92. The fourth-order valence-corrected chi connectivity index (χ4v) is 5.93. The highest BCUT2D eigenvalue weighted by atomic mass is 16.4. The number of hydrogen-bond acceptors (Lipinski definition) is 6. The molecule has 0 aliphatic carbocycles. The van der Waals surface area contributed by atoms with Gasteiger partial charge >= 0.3 is 11.9 Å². The average molecular weight is 585 g/mol. The molecule has 224 valence electrons. The first kappa shape index (κ1) is 29.9. The SMILES string of the molecule is CC1=C(CCC(=O)O)c2cc3nc(cc4[nH]c(cc5[nH]c(cc1n2)cc5C(C)O)c(C)c4C(C)O)C(C)=C3CCC(=O)O. The number of aliphatic hydroxyl groups excluding tert-OH is 2. The third-order valence-corrected chi connectivity index (χ3v) is 8.22. The van der Waals surface area contributed by atoms with Gasteiger partial charge in [-0.2, -0.15) is 0 Å². The average Bonchev–Trinajstić information content (AvgIpc) is 3.62. The molecule has 2 unspecified atom stereocenters. The zero-order valence-corrected chi connectivity index (χ0v) is 24.9. The number of carbonyl (C=O) groups is 2. The highest BCUT2D eigenvalue weighted by Gasteiger charge is 2.23. The van der Waals surface area contributed by atoms with Crippen LogP contribution in [0.4, 0.5) is 0 Å². The molecular weight excluding hydrogens is 548 g/mol. The fraction of sp³-hybridized carbons (Fsp3) is 0.333. The Morgan fingerprint density at radius 2 is 1.26 bits per heavy atom. The van der Waals surface area contributed by atoms with Crippen LogP contribution in [0, 0.1) is 6.92 Å². The van der Waals surface area contributed by atoms with Crippen molar-refractivity contribution < 1.29 is 30.0 Å². The highest BCUT2D eigenvalue weighted by molar-refractivity contribution is 5.96. The Bertz CT molecular complexity index is 1870. The topological polar surface area (TPSA) is 172 Å². The molecule has 6 N–H and O–H groups in total. The van der Waals surface area contributed by atoms with Crippen molar-refractivity contribution in [3.8, 4) is 0 Å². The van der Waals surface area contributed by atoms with Gasteiger partial charge in [0.05, 0.1) is 35.0 Å². The molecule has 0 aromatic carbocycles. The van der Waals surface area contributed by atoms with E-state index in [1.165, 1.54) is 0 Å². The molecule has 0 fully saturated rings. The summed E-state index contributed by atoms with van der Waals surface area (Å²) in [5.74, 6) is -1.84. The number of aryl methyl sites for hydroxylation is 1. The van der Waals surface area contributed by atoms with E-state index in [0.717, 1.165) is 33.4 Å². The largest absolute Gasteiger partial charge is 0.481 e. The zero-order valence-electron chi connectivity index (χ0n) is 24.9. The molecule has 0 saturated heterocycles. The Morgan fingerprint density at radius 1 is 0.698 bits per heavy atom. The van der Waals surface area contributed by atoms with Crippen LogP contribution in [0.15, 0.2) is 30.3 Å². The van der Waals surface area contributed by atoms with Gasteiger partial charge < -0.3 is 30.4 Å². The zero-order chi connectivity index (χ0) is 31.2. The summed E-state index contributed by atoms with van der Waals surface area (Å²) in [6.45, 7) is 9.12. The number of fused-ring (bicyclic) bond motifs is 8. The minimum Gasteiger partial charge on any atom is -0.481 e. The van der Waals surface area contributed by atoms with E-state index in [1.807, 2.05) is 51.1 Å². The van der Waals surface area contributed by atoms with E-state index >= 15 is 0 Å². The lowest BCUT2D eigenvalue weighted by molar-refractivity contribution is -0.137. The summed E-state index contributed by atoms with van der Waals surface area (Å²) in [5.41, 5.74) is 10.7. The standard InChI is InChI=1S/C33H36N4O6/c1-15-21(6-8-31(40)41)27-14-28-22(7-9-32(42)43)16(2)25(36-28)13-30-33(19(5)39)17(3)26(37-30)12-29-23(18(4)38)10-20(34-29)11-24(15)35-27/h10-14,18-19,34,37-39H,6-9H2,1-5H3,(H,40,41)(H,42,43). The van der Waals surface area contributed by atoms with Crippen LogP contribution < -0.4 is 0 Å². The molecule has 10 heteroatoms. The molecule has 0 saturated carbocycles. The minimum absolute atomic E-state index is 0.0740. The number of aliphatic carboxylic acids is 2. The first-order valence-electron chi connectivity index (χ1n) is 14.3. The fourth-order valence-electron chi connectivity index (χ4n) is 5.93. The quantitative estimate of drug-likeness (QED) is 0.178. The molecule has 3 aromatic heterocycles. The number of nitrogens with one attached hydrogen (secondary N) is 2. The van der Waals surface area contributed by atoms with E-state index in [2.05, 4.69) is 9.97 Å². The van der Waals surface area contributed by atoms with Crippen molar-refractivity contribution in [3.63, 3.8) is 0 Å². The molecule has 8 bridgehead atoms. The second kappa shape index (κ2) is 11.6. The molecule has 0 amide bonds. The number of H-pyrrole nitrogens is 2. The van der Waals surface area contributed by atoms with Gasteiger partial charge in [0.15, 0.2) is 0 Å². The van der Waals surface area contributed by atoms with Gasteiger partial charge in [-0.1, -0.05) is 0 Å². The van der Waals surface area contributed by atoms with E-state index in [-0.39, 0.29) is 25.7 Å². The molecule has 10 nitrogen and oxygen atoms in total. The lowest BCUT2D eigenvalue weighted by Crippen LogP contribution is -1.97. The third kappa shape index (κ3) is 5.89. The second-order valence-corrected chi connectivity index (χ2v) is 11.3. The Kier molecular flexibility index (Phi) is 8.09. The minimum atomic E-state index is -0.921. The number of aromatic nitrogens is 4. The highest BCUT2D eigenvalue weighted by Crippen LogP contribution is 2.38. The number of carboxylic acid groups (broad SMARTS) is 2. The molecular formula is C33H36N4O6. The number of rotatable bonds is 8. The van der Waals surface area contributed by atoms with E-state index in [1.54, 1.807) is 13.8 Å². The summed E-state index contributed by atoms with van der Waals surface area (Å²) in [7, 11) is 0. The lowest BCUT2D eigenvalue weighted by Gasteiger charge is -2.05. The molecule has 5 rings (SSSR count). The summed E-state index contributed by atoms with van der Waals surface area (Å²) < 4.78 is 0. The van der Waals surface area contributed by atoms with Crippen LogP contribution in [0.2, 0.25) is 0 Å². The van der Waals surface area contributed by atoms with E-state index < -0.39 is 24.1 Å². The summed E-state index contributed by atoms with van der Waals surface area (Å²) in [6, 6.07) is 9.31. The van der Waals surface area contributed by atoms with Gasteiger partial charge in [-0.25, -0.2) is 9.97 Å². The third-order valence-electron chi connectivity index (χ3n) is 8.22. The summed E-state index contributed by atoms with van der Waals surface area (Å²) >= 11 is 0. The molecule has 0 spiro atoms. The Labute approximate surface area is 248 Å². The van der Waals surface area contributed by atoms with Gasteiger partial charge in [0.25, 0.3) is 0 Å². The maximum absolute atomic E-state index is 11.5. The van der Waals surface area contributed by atoms with Gasteiger partial charge in [-0.05, 0) is 106 Å². The predicted octanol–water partition coefficient (Wildman–Crippen LogP) is 6.32. The summed E-state index contributed by atoms with van der Waals surface area (Å²) in [6.07, 6.45) is -1.17. The molecule has 2 aliphatic rings. The number of allylic oxidation sites excluding steroid dienone is 4. The molecule has 43 heavy (non-hydrogen) atoms. The number of hydrogen-bond donors (Lipinski definition) is 6. The molecule has 2 atom stereocenters. The van der Waals surface area contributed by atoms with E-state index in [0.29, 0.717) is 50.5 Å². The number of aliphatic hydroxyl groups is 2. The first-order chi connectivity index (χ1) is 20.3. The van der Waals surface area contributed by atoms with Crippen molar-refractivity contribution >= 4 is 56.3 Å². The van der Waals surface area contributed by atoms with Gasteiger partial charge in [0.2, 0.25) is 0 Å². The van der Waals surface area contributed by atoms with Crippen molar-refractivity contribution in [1.82, 2.24) is 19.9 Å². The predicted molar refractivity (Wildman–Crippen MR) is 166 cm³/mol. The number of aromatic amines is 2. The van der Waals surface area contributed by atoms with Crippen LogP contribution in [-0.4, -0.2) is 52.3 Å². The molecule has 5 heterocycles. The van der Waals surface area contributed by atoms with Crippen molar-refractivity contribution in [3.05, 3.63) is 69.8 Å². The van der Waals surface area contributed by atoms with Crippen LogP contribution >= 0.6 is 0 Å². The lowest BCUT2D eigenvalue weighted by atomic mass is 9.98. The van der Waals surface area contributed by atoms with Gasteiger partial charge in [0, 0.05) is 46.0 Å². The van der Waals surface area contributed by atoms with Gasteiger partial charge in [-0.15, -0.1) is 0 Å². The number of nitrogens with zero attached hydrogens (tertiary/aromatic N) is 2. The van der Waals surface area contributed by atoms with Crippen molar-refractivity contribution in [2.45, 2.75) is 72.5 Å². The van der Waals surface area contributed by atoms with Crippen LogP contribution in [0.5, 0.6) is 0 Å². The van der Waals surface area contributed by atoms with Gasteiger partial charge in [0.1, 0.15) is 0 Å². The maximum Gasteiger partial charge on any atom is 0.303 e. The Morgan fingerprint density at radius 3 is 1.77 bits per heavy atom. The summed E-state index contributed by atoms with van der Waals surface area (Å²) in [5, 5.41) is 40.2. The van der Waals surface area contributed by atoms with Crippen LogP contribution in [0.3, 0.4) is 0 Å². The molecule has 2 aliphatic heterocycles. The monoisotopic (exact) mass is 584 g/mol. The van der Waals surface area contributed by atoms with E-state index in [9.17, 15) is 30.0 Å². The van der Waals surface area contributed by atoms with Crippen LogP contribution in [-0.2, 0) is 9.59 Å². The molecule has 0 radical (unpaired) electrons. The van der Waals surface area contributed by atoms with Crippen LogP contribution in [0.1, 0.15) is 105 Å². The van der Waals surface area contributed by atoms with Crippen molar-refractivity contribution in [2.24, 2.45) is 0 Å². The van der Waals surface area contributed by atoms with Crippen molar-refractivity contribution in [2.75, 3.05) is 0 Å². The van der Waals surface area contributed by atoms with Gasteiger partial charge in [-0.3, -0.25) is 9.59 Å². The normalized spacial score (nSPS) is 14.8. The maximum atomic E-state index is 11.5. The molecule has 3 aromatic rings. The van der Waals surface area contributed by atoms with E-state index in [4.69, 9.17) is 9.97 Å². The summed E-state index contributed by atoms with van der Waals surface area (Å²) in [4.78, 5) is 39.6. The second-order valence-electron chi connectivity index (χ2n) is 11.3. The van der Waals surface area contributed by atoms with Crippen LogP contribution in [0.25, 0.3) is 44.4 Å². The first-order valence-corrected chi connectivity index (χ1v) is 14.3. The smallest absolute Gasteiger partial charge is 0.303 e. The Hall–Kier alpha value is -4.54. The van der Waals surface area contributed by atoms with Crippen molar-refractivity contribution in [1.29, 1.82) is 0 Å². The number of carboxylic acids is 2.